The standard InChI is InChI=1S/C14H20N7/c1-5-12(15-17-13-8-6-7-9-19(13)2)16-18-14-20(3)10-11-21(14)4/h6-11H,5H2,1-4H3/q+1. The monoisotopic (exact) mass is 286 g/mol. The molecule has 0 spiro atoms. The van der Waals surface area contributed by atoms with Crippen molar-refractivity contribution in [3.05, 3.63) is 42.3 Å². The zero-order valence-electron chi connectivity index (χ0n) is 12.8. The van der Waals surface area contributed by atoms with Crippen molar-refractivity contribution in [2.45, 2.75) is 13.3 Å². The molecule has 0 unspecified atom stereocenters. The van der Waals surface area contributed by atoms with E-state index in [9.17, 15) is 0 Å². The second kappa shape index (κ2) is 6.74. The van der Waals surface area contributed by atoms with Crippen molar-refractivity contribution in [2.24, 2.45) is 41.6 Å². The highest BCUT2D eigenvalue weighted by atomic mass is 15.3. The molecule has 7 nitrogen and oxygen atoms in total. The quantitative estimate of drug-likeness (QED) is 0.270. The minimum absolute atomic E-state index is 0.583. The molecule has 110 valence electrons. The maximum atomic E-state index is 4.22. The van der Waals surface area contributed by atoms with Crippen molar-refractivity contribution in [3.63, 3.8) is 0 Å². The Bertz CT molecular complexity index is 714. The summed E-state index contributed by atoms with van der Waals surface area (Å²) in [6.45, 7) is 1.98. The molecule has 21 heavy (non-hydrogen) atoms. The van der Waals surface area contributed by atoms with Crippen LogP contribution in [-0.4, -0.2) is 15.0 Å². The lowest BCUT2D eigenvalue weighted by Crippen LogP contribution is -2.25. The first-order valence-electron chi connectivity index (χ1n) is 6.76. The molecule has 0 amide bonds. The molecule has 2 aromatic rings. The summed E-state index contributed by atoms with van der Waals surface area (Å²) in [5, 5.41) is 16.8. The minimum atomic E-state index is 0.583. The number of amidine groups is 1. The van der Waals surface area contributed by atoms with Gasteiger partial charge in [0.1, 0.15) is 0 Å². The van der Waals surface area contributed by atoms with Crippen LogP contribution in [0.5, 0.6) is 0 Å². The third-order valence-corrected chi connectivity index (χ3v) is 3.01. The van der Waals surface area contributed by atoms with E-state index in [1.54, 1.807) is 0 Å². The third-order valence-electron chi connectivity index (χ3n) is 3.01. The van der Waals surface area contributed by atoms with E-state index >= 15 is 0 Å². The van der Waals surface area contributed by atoms with Gasteiger partial charge in [0.15, 0.2) is 11.3 Å². The Kier molecular flexibility index (Phi) is 4.76. The van der Waals surface area contributed by atoms with Gasteiger partial charge in [-0.2, -0.15) is 0 Å². The number of nitrogens with zero attached hydrogens (tertiary/aromatic N) is 7. The molecular formula is C14H20N7+. The van der Waals surface area contributed by atoms with E-state index in [1.807, 2.05) is 78.6 Å². The van der Waals surface area contributed by atoms with Gasteiger partial charge in [-0.25, -0.2) is 9.13 Å². The molecule has 0 radical (unpaired) electrons. The van der Waals surface area contributed by atoms with E-state index in [0.29, 0.717) is 12.3 Å². The Morgan fingerprint density at radius 1 is 1.19 bits per heavy atom. The van der Waals surface area contributed by atoms with Crippen molar-refractivity contribution >= 4 is 11.8 Å². The van der Waals surface area contributed by atoms with E-state index in [1.165, 1.54) is 0 Å². The maximum Gasteiger partial charge on any atom is 0.421 e. The minimum Gasteiger partial charge on any atom is -0.335 e. The zero-order valence-corrected chi connectivity index (χ0v) is 12.8. The van der Waals surface area contributed by atoms with E-state index in [0.717, 1.165) is 11.4 Å². The number of aromatic nitrogens is 3. The molecule has 0 aliphatic heterocycles. The highest BCUT2D eigenvalue weighted by Gasteiger charge is 2.10. The lowest BCUT2D eigenvalue weighted by atomic mass is 10.5. The van der Waals surface area contributed by atoms with Crippen LogP contribution in [0.4, 0.5) is 5.95 Å². The molecule has 0 aliphatic carbocycles. The molecule has 0 aliphatic rings. The Hall–Kier alpha value is -2.57. The molecule has 2 aromatic heterocycles. The Morgan fingerprint density at radius 2 is 2.00 bits per heavy atom. The highest BCUT2D eigenvalue weighted by molar-refractivity contribution is 5.82. The highest BCUT2D eigenvalue weighted by Crippen LogP contribution is 2.05. The van der Waals surface area contributed by atoms with Gasteiger partial charge < -0.3 is 4.57 Å². The molecule has 0 saturated carbocycles. The van der Waals surface area contributed by atoms with Crippen LogP contribution in [0.3, 0.4) is 0 Å². The molecular weight excluding hydrogens is 266 g/mol. The molecule has 0 saturated heterocycles. The molecule has 2 rings (SSSR count). The summed E-state index contributed by atoms with van der Waals surface area (Å²) >= 11 is 0. The van der Waals surface area contributed by atoms with Gasteiger partial charge >= 0.3 is 5.95 Å². The van der Waals surface area contributed by atoms with Crippen LogP contribution in [0.2, 0.25) is 0 Å². The summed E-state index contributed by atoms with van der Waals surface area (Å²) in [6, 6.07) is 5.76. The van der Waals surface area contributed by atoms with Gasteiger partial charge in [-0.15, -0.1) is 10.2 Å². The summed E-state index contributed by atoms with van der Waals surface area (Å²) in [5.74, 6) is 1.33. The first-order valence-corrected chi connectivity index (χ1v) is 6.76. The first-order chi connectivity index (χ1) is 10.1. The molecule has 0 atom stereocenters. The number of azo groups is 1. The average molecular weight is 286 g/mol. The maximum absolute atomic E-state index is 4.22. The van der Waals surface area contributed by atoms with Crippen molar-refractivity contribution < 1.29 is 4.57 Å². The SMILES string of the molecule is CCC(N=Nc1n(C)cc[n+]1C)=NN=c1ccccn1C. The van der Waals surface area contributed by atoms with Crippen LogP contribution in [0.1, 0.15) is 13.3 Å². The Morgan fingerprint density at radius 3 is 2.62 bits per heavy atom. The van der Waals surface area contributed by atoms with Crippen LogP contribution < -0.4 is 10.1 Å². The van der Waals surface area contributed by atoms with Crippen LogP contribution in [0.15, 0.2) is 57.2 Å². The first kappa shape index (κ1) is 14.8. The Labute approximate surface area is 123 Å². The molecule has 0 N–H and O–H groups in total. The number of rotatable bonds is 3. The van der Waals surface area contributed by atoms with Crippen molar-refractivity contribution in [2.75, 3.05) is 0 Å². The van der Waals surface area contributed by atoms with Crippen LogP contribution in [-0.2, 0) is 21.1 Å². The van der Waals surface area contributed by atoms with Gasteiger partial charge in [-0.1, -0.05) is 18.1 Å². The van der Waals surface area contributed by atoms with Crippen molar-refractivity contribution in [3.8, 4) is 0 Å². The molecule has 0 aromatic carbocycles. The van der Waals surface area contributed by atoms with Gasteiger partial charge in [-0.3, -0.25) is 0 Å². The number of hydrogen-bond donors (Lipinski definition) is 0. The van der Waals surface area contributed by atoms with Crippen LogP contribution >= 0.6 is 0 Å². The summed E-state index contributed by atoms with van der Waals surface area (Å²) in [4.78, 5) is 0. The van der Waals surface area contributed by atoms with Gasteiger partial charge in [-0.05, 0) is 12.1 Å². The smallest absolute Gasteiger partial charge is 0.335 e. The number of aryl methyl sites for hydroxylation is 3. The molecule has 0 bridgehead atoms. The van der Waals surface area contributed by atoms with E-state index in [-0.39, 0.29) is 0 Å². The second-order valence-corrected chi connectivity index (χ2v) is 4.66. The van der Waals surface area contributed by atoms with Crippen molar-refractivity contribution in [1.82, 2.24) is 9.13 Å². The van der Waals surface area contributed by atoms with Crippen LogP contribution in [0, 0.1) is 0 Å². The van der Waals surface area contributed by atoms with E-state index < -0.39 is 0 Å². The van der Waals surface area contributed by atoms with Crippen LogP contribution in [0.25, 0.3) is 0 Å². The molecule has 2 heterocycles. The van der Waals surface area contributed by atoms with Gasteiger partial charge in [0.2, 0.25) is 0 Å². The fourth-order valence-electron chi connectivity index (χ4n) is 1.71. The van der Waals surface area contributed by atoms with E-state index in [4.69, 9.17) is 0 Å². The second-order valence-electron chi connectivity index (χ2n) is 4.66. The number of pyridine rings is 1. The third kappa shape index (κ3) is 3.71. The summed E-state index contributed by atoms with van der Waals surface area (Å²) < 4.78 is 5.68. The summed E-state index contributed by atoms with van der Waals surface area (Å²) in [5.41, 5.74) is 0.767. The summed E-state index contributed by atoms with van der Waals surface area (Å²) in [6.07, 6.45) is 6.43. The predicted molar refractivity (Wildman–Crippen MR) is 79.8 cm³/mol. The number of hydrogen-bond acceptors (Lipinski definition) is 3. The number of imidazole rings is 1. The topological polar surface area (TPSA) is 63.2 Å². The molecule has 0 fully saturated rings. The van der Waals surface area contributed by atoms with Gasteiger partial charge in [0.25, 0.3) is 0 Å². The normalized spacial score (nSPS) is 13.3. The van der Waals surface area contributed by atoms with Crippen molar-refractivity contribution in [1.29, 1.82) is 0 Å². The van der Waals surface area contributed by atoms with Gasteiger partial charge in [0.05, 0.1) is 26.5 Å². The zero-order chi connectivity index (χ0) is 15.2. The largest absolute Gasteiger partial charge is 0.421 e. The fourth-order valence-corrected chi connectivity index (χ4v) is 1.71. The van der Waals surface area contributed by atoms with E-state index in [2.05, 4.69) is 20.4 Å². The summed E-state index contributed by atoms with van der Waals surface area (Å²) in [7, 11) is 5.77. The van der Waals surface area contributed by atoms with Gasteiger partial charge in [0, 0.05) is 24.8 Å². The Balaban J connectivity index is 2.27. The lowest BCUT2D eigenvalue weighted by molar-refractivity contribution is -0.657. The fraction of sp³-hybridized carbons (Fsp3) is 0.357. The average Bonchev–Trinajstić information content (AvgIpc) is 2.80. The molecule has 7 heteroatoms. The lowest BCUT2D eigenvalue weighted by Gasteiger charge is -1.95. The predicted octanol–water partition coefficient (Wildman–Crippen LogP) is 1.60.